The maximum absolute atomic E-state index is 5.98. The fourth-order valence-corrected chi connectivity index (χ4v) is 1.92. The van der Waals surface area contributed by atoms with Gasteiger partial charge in [0, 0.05) is 11.1 Å². The number of hydrogen-bond acceptors (Lipinski definition) is 1. The molecular weight excluding hydrogens is 158 g/mol. The van der Waals surface area contributed by atoms with Gasteiger partial charge in [0.05, 0.1) is 0 Å². The van der Waals surface area contributed by atoms with E-state index in [1.807, 2.05) is 12.1 Å². The fraction of sp³-hybridized carbons (Fsp3) is 0.333. The lowest BCUT2D eigenvalue weighted by Crippen LogP contribution is -2.04. The van der Waals surface area contributed by atoms with Crippen molar-refractivity contribution in [3.05, 3.63) is 34.3 Å². The van der Waals surface area contributed by atoms with Crippen molar-refractivity contribution in [1.82, 2.24) is 0 Å². The van der Waals surface area contributed by atoms with Crippen LogP contribution in [-0.2, 0) is 6.42 Å². The molecular formula is C9H10ClN. The van der Waals surface area contributed by atoms with Crippen molar-refractivity contribution in [2.45, 2.75) is 18.9 Å². The summed E-state index contributed by atoms with van der Waals surface area (Å²) in [5.41, 5.74) is 8.34. The molecule has 1 nitrogen and oxygen atoms in total. The van der Waals surface area contributed by atoms with Gasteiger partial charge in [-0.3, -0.25) is 0 Å². The average molecular weight is 168 g/mol. The molecule has 2 N–H and O–H groups in total. The van der Waals surface area contributed by atoms with Gasteiger partial charge in [-0.15, -0.1) is 0 Å². The van der Waals surface area contributed by atoms with E-state index in [1.165, 1.54) is 11.1 Å². The van der Waals surface area contributed by atoms with Crippen LogP contribution in [0.2, 0.25) is 5.02 Å². The van der Waals surface area contributed by atoms with Crippen molar-refractivity contribution in [3.63, 3.8) is 0 Å². The van der Waals surface area contributed by atoms with Crippen LogP contribution in [0.3, 0.4) is 0 Å². The van der Waals surface area contributed by atoms with Gasteiger partial charge in [0.15, 0.2) is 0 Å². The second-order valence-electron chi connectivity index (χ2n) is 2.95. The first-order valence-corrected chi connectivity index (χ1v) is 4.19. The summed E-state index contributed by atoms with van der Waals surface area (Å²) >= 11 is 5.98. The highest BCUT2D eigenvalue weighted by atomic mass is 35.5. The summed E-state index contributed by atoms with van der Waals surface area (Å²) in [6.07, 6.45) is 2.08. The second kappa shape index (κ2) is 2.50. The molecule has 0 saturated carbocycles. The normalized spacial score (nSPS) is 21.8. The van der Waals surface area contributed by atoms with Crippen molar-refractivity contribution in [1.29, 1.82) is 0 Å². The first-order chi connectivity index (χ1) is 5.29. The van der Waals surface area contributed by atoms with Crippen LogP contribution in [0.1, 0.15) is 23.6 Å². The molecule has 58 valence electrons. The average Bonchev–Trinajstić information content (AvgIpc) is 2.35. The van der Waals surface area contributed by atoms with Gasteiger partial charge in [-0.2, -0.15) is 0 Å². The summed E-state index contributed by atoms with van der Waals surface area (Å²) in [5, 5.41) is 0.871. The molecule has 1 unspecified atom stereocenters. The van der Waals surface area contributed by atoms with Gasteiger partial charge in [-0.05, 0) is 30.0 Å². The van der Waals surface area contributed by atoms with Crippen LogP contribution in [0.5, 0.6) is 0 Å². The Morgan fingerprint density at radius 2 is 2.27 bits per heavy atom. The van der Waals surface area contributed by atoms with Gasteiger partial charge in [-0.25, -0.2) is 0 Å². The third kappa shape index (κ3) is 1.05. The Balaban J connectivity index is 2.57. The molecule has 0 aromatic heterocycles. The maximum atomic E-state index is 5.98. The molecule has 0 radical (unpaired) electrons. The predicted octanol–water partition coefficient (Wildman–Crippen LogP) is 2.29. The fourth-order valence-electron chi connectivity index (χ4n) is 1.64. The lowest BCUT2D eigenvalue weighted by Gasteiger charge is -2.03. The Hall–Kier alpha value is -0.530. The van der Waals surface area contributed by atoms with Gasteiger partial charge >= 0.3 is 0 Å². The number of hydrogen-bond donors (Lipinski definition) is 1. The zero-order valence-electron chi connectivity index (χ0n) is 6.18. The Morgan fingerprint density at radius 3 is 3.00 bits per heavy atom. The highest BCUT2D eigenvalue weighted by Crippen LogP contribution is 2.33. The summed E-state index contributed by atoms with van der Waals surface area (Å²) in [7, 11) is 0. The molecule has 1 aromatic carbocycles. The predicted molar refractivity (Wildman–Crippen MR) is 46.7 cm³/mol. The quantitative estimate of drug-likeness (QED) is 0.631. The van der Waals surface area contributed by atoms with Gasteiger partial charge in [-0.1, -0.05) is 23.7 Å². The third-order valence-electron chi connectivity index (χ3n) is 2.26. The zero-order chi connectivity index (χ0) is 7.84. The molecule has 1 aliphatic carbocycles. The Morgan fingerprint density at radius 1 is 1.45 bits per heavy atom. The summed E-state index contributed by atoms with van der Waals surface area (Å²) in [5.74, 6) is 0. The minimum Gasteiger partial charge on any atom is -0.324 e. The number of benzene rings is 1. The summed E-state index contributed by atoms with van der Waals surface area (Å²) in [4.78, 5) is 0. The molecule has 11 heavy (non-hydrogen) atoms. The maximum Gasteiger partial charge on any atom is 0.0441 e. The number of nitrogens with two attached hydrogens (primary N) is 1. The van der Waals surface area contributed by atoms with Gasteiger partial charge in [0.2, 0.25) is 0 Å². The van der Waals surface area contributed by atoms with Gasteiger partial charge in [0.1, 0.15) is 0 Å². The molecule has 1 aliphatic rings. The van der Waals surface area contributed by atoms with Crippen molar-refractivity contribution in [2.24, 2.45) is 5.73 Å². The highest BCUT2D eigenvalue weighted by molar-refractivity contribution is 6.31. The van der Waals surface area contributed by atoms with Crippen molar-refractivity contribution >= 4 is 11.6 Å². The molecule has 0 saturated heterocycles. The lowest BCUT2D eigenvalue weighted by molar-refractivity contribution is 0.713. The molecule has 0 spiro atoms. The topological polar surface area (TPSA) is 26.0 Å². The molecule has 0 bridgehead atoms. The minimum atomic E-state index is 0.212. The summed E-state index contributed by atoms with van der Waals surface area (Å²) in [6.45, 7) is 0. The van der Waals surface area contributed by atoms with Crippen molar-refractivity contribution in [2.75, 3.05) is 0 Å². The Kier molecular flexibility index (Phi) is 1.63. The SMILES string of the molecule is NC1CCc2c(Cl)cccc21. The van der Waals surface area contributed by atoms with E-state index in [2.05, 4.69) is 6.07 Å². The second-order valence-corrected chi connectivity index (χ2v) is 3.36. The van der Waals surface area contributed by atoms with E-state index >= 15 is 0 Å². The van der Waals surface area contributed by atoms with Crippen LogP contribution in [-0.4, -0.2) is 0 Å². The number of fused-ring (bicyclic) bond motifs is 1. The summed E-state index contributed by atoms with van der Waals surface area (Å²) < 4.78 is 0. The molecule has 2 rings (SSSR count). The van der Waals surface area contributed by atoms with E-state index in [-0.39, 0.29) is 6.04 Å². The molecule has 2 heteroatoms. The Labute approximate surface area is 71.2 Å². The summed E-state index contributed by atoms with van der Waals surface area (Å²) in [6, 6.07) is 6.17. The molecule has 0 heterocycles. The molecule has 0 amide bonds. The van der Waals surface area contributed by atoms with Crippen molar-refractivity contribution in [3.8, 4) is 0 Å². The Bertz CT molecular complexity index is 283. The van der Waals surface area contributed by atoms with Crippen LogP contribution in [0.4, 0.5) is 0 Å². The van der Waals surface area contributed by atoms with E-state index in [9.17, 15) is 0 Å². The third-order valence-corrected chi connectivity index (χ3v) is 2.61. The van der Waals surface area contributed by atoms with E-state index in [0.29, 0.717) is 0 Å². The number of halogens is 1. The van der Waals surface area contributed by atoms with Crippen molar-refractivity contribution < 1.29 is 0 Å². The van der Waals surface area contributed by atoms with Crippen LogP contribution in [0.15, 0.2) is 18.2 Å². The monoisotopic (exact) mass is 167 g/mol. The molecule has 1 atom stereocenters. The lowest BCUT2D eigenvalue weighted by atomic mass is 10.1. The smallest absolute Gasteiger partial charge is 0.0441 e. The van der Waals surface area contributed by atoms with E-state index < -0.39 is 0 Å². The van der Waals surface area contributed by atoms with Crippen LogP contribution in [0.25, 0.3) is 0 Å². The minimum absolute atomic E-state index is 0.212. The van der Waals surface area contributed by atoms with Crippen LogP contribution >= 0.6 is 11.6 Å². The largest absolute Gasteiger partial charge is 0.324 e. The molecule has 0 fully saturated rings. The van der Waals surface area contributed by atoms with E-state index in [1.54, 1.807) is 0 Å². The van der Waals surface area contributed by atoms with Gasteiger partial charge < -0.3 is 5.73 Å². The van der Waals surface area contributed by atoms with Crippen LogP contribution < -0.4 is 5.73 Å². The standard InChI is InChI=1S/C9H10ClN/c10-8-3-1-2-7-6(8)4-5-9(7)11/h1-3,9H,4-5,11H2. The van der Waals surface area contributed by atoms with E-state index in [0.717, 1.165) is 17.9 Å². The number of rotatable bonds is 0. The van der Waals surface area contributed by atoms with Gasteiger partial charge in [0.25, 0.3) is 0 Å². The first-order valence-electron chi connectivity index (χ1n) is 3.82. The molecule has 0 aliphatic heterocycles. The first kappa shape index (κ1) is 7.14. The van der Waals surface area contributed by atoms with Crippen LogP contribution in [0, 0.1) is 0 Å². The van der Waals surface area contributed by atoms with E-state index in [4.69, 9.17) is 17.3 Å². The highest BCUT2D eigenvalue weighted by Gasteiger charge is 2.20. The zero-order valence-corrected chi connectivity index (χ0v) is 6.93. The molecule has 1 aromatic rings.